The molecule has 0 amide bonds. The highest BCUT2D eigenvalue weighted by Gasteiger charge is 2.45. The van der Waals surface area contributed by atoms with Gasteiger partial charge in [-0.1, -0.05) is 0 Å². The Morgan fingerprint density at radius 3 is 2.57 bits per heavy atom. The lowest BCUT2D eigenvalue weighted by molar-refractivity contribution is -0.177. The predicted molar refractivity (Wildman–Crippen MR) is 84.0 cm³/mol. The summed E-state index contributed by atoms with van der Waals surface area (Å²) in [6, 6.07) is 8.76. The van der Waals surface area contributed by atoms with Crippen molar-refractivity contribution in [3.8, 4) is 5.75 Å². The van der Waals surface area contributed by atoms with Gasteiger partial charge in [0.2, 0.25) is 0 Å². The normalized spacial score (nSPS) is 27.9. The molecule has 1 spiro atoms. The van der Waals surface area contributed by atoms with Gasteiger partial charge >= 0.3 is 0 Å². The van der Waals surface area contributed by atoms with Gasteiger partial charge in [-0.25, -0.2) is 0 Å². The zero-order valence-electron chi connectivity index (χ0n) is 12.6. The molecule has 2 unspecified atom stereocenters. The topological polar surface area (TPSA) is 39.7 Å². The average molecular weight is 309 g/mol. The van der Waals surface area contributed by atoms with E-state index < -0.39 is 0 Å². The minimum atomic E-state index is -0.336. The number of rotatable bonds is 4. The second-order valence-electron chi connectivity index (χ2n) is 5.58. The molecule has 3 rings (SSSR count). The molecule has 1 saturated heterocycles. The Hall–Kier alpha value is -0.750. The maximum Gasteiger partial charge on any atom is 0.169 e. The fourth-order valence-corrected chi connectivity index (χ4v) is 4.57. The van der Waals surface area contributed by atoms with Crippen LogP contribution in [0.15, 0.2) is 29.2 Å². The molecular weight excluding hydrogens is 286 g/mol. The molecule has 116 valence electrons. The van der Waals surface area contributed by atoms with Crippen LogP contribution in [0, 0.1) is 0 Å². The summed E-state index contributed by atoms with van der Waals surface area (Å²) in [6.45, 7) is 1.45. The zero-order chi connectivity index (χ0) is 14.7. The van der Waals surface area contributed by atoms with Crippen LogP contribution >= 0.6 is 11.8 Å². The van der Waals surface area contributed by atoms with Crippen molar-refractivity contribution in [1.82, 2.24) is 5.32 Å². The van der Waals surface area contributed by atoms with Crippen LogP contribution in [-0.4, -0.2) is 44.5 Å². The smallest absolute Gasteiger partial charge is 0.169 e. The molecule has 5 heteroatoms. The van der Waals surface area contributed by atoms with Crippen molar-refractivity contribution in [2.75, 3.05) is 27.4 Å². The first-order chi connectivity index (χ1) is 10.2. The third-order valence-electron chi connectivity index (χ3n) is 4.33. The van der Waals surface area contributed by atoms with Crippen LogP contribution in [0.3, 0.4) is 0 Å². The summed E-state index contributed by atoms with van der Waals surface area (Å²) in [6.07, 6.45) is 3.01. The largest absolute Gasteiger partial charge is 0.497 e. The molecule has 0 aromatic heterocycles. The number of benzene rings is 1. The Balaban J connectivity index is 1.70. The van der Waals surface area contributed by atoms with Crippen LogP contribution in [0.4, 0.5) is 0 Å². The number of methoxy groups -OCH3 is 1. The summed E-state index contributed by atoms with van der Waals surface area (Å²) >= 11 is 1.90. The Bertz CT molecular complexity index is 459. The number of hydrogen-bond donors (Lipinski definition) is 1. The first-order valence-corrected chi connectivity index (χ1v) is 8.38. The van der Waals surface area contributed by atoms with Gasteiger partial charge < -0.3 is 19.5 Å². The van der Waals surface area contributed by atoms with Crippen molar-refractivity contribution >= 4 is 11.8 Å². The lowest BCUT2D eigenvalue weighted by Gasteiger charge is -2.40. The summed E-state index contributed by atoms with van der Waals surface area (Å²) < 4.78 is 17.0. The van der Waals surface area contributed by atoms with E-state index in [1.807, 2.05) is 30.9 Å². The van der Waals surface area contributed by atoms with E-state index in [9.17, 15) is 0 Å². The molecule has 1 aliphatic heterocycles. The fourth-order valence-electron chi connectivity index (χ4n) is 3.15. The van der Waals surface area contributed by atoms with Crippen LogP contribution in [0.5, 0.6) is 5.75 Å². The number of nitrogens with one attached hydrogen (secondary N) is 1. The molecule has 1 aromatic rings. The quantitative estimate of drug-likeness (QED) is 0.926. The molecule has 1 aliphatic carbocycles. The minimum absolute atomic E-state index is 0.336. The summed E-state index contributed by atoms with van der Waals surface area (Å²) in [4.78, 5) is 1.26. The zero-order valence-corrected chi connectivity index (χ0v) is 13.4. The van der Waals surface area contributed by atoms with Gasteiger partial charge in [0.15, 0.2) is 5.79 Å². The van der Waals surface area contributed by atoms with Crippen LogP contribution in [0.1, 0.15) is 19.3 Å². The number of thioether (sulfide) groups is 1. The molecule has 0 radical (unpaired) electrons. The fraction of sp³-hybridized carbons (Fsp3) is 0.625. The number of hydrogen-bond acceptors (Lipinski definition) is 5. The molecular formula is C16H23NO3S. The highest BCUT2D eigenvalue weighted by Crippen LogP contribution is 2.42. The Morgan fingerprint density at radius 2 is 1.95 bits per heavy atom. The summed E-state index contributed by atoms with van der Waals surface area (Å²) in [5.41, 5.74) is 0. The van der Waals surface area contributed by atoms with Crippen molar-refractivity contribution in [3.63, 3.8) is 0 Å². The van der Waals surface area contributed by atoms with Gasteiger partial charge in [-0.2, -0.15) is 0 Å². The molecule has 0 bridgehead atoms. The van der Waals surface area contributed by atoms with E-state index in [4.69, 9.17) is 14.2 Å². The maximum absolute atomic E-state index is 5.90. The molecule has 2 fully saturated rings. The van der Waals surface area contributed by atoms with E-state index in [1.165, 1.54) is 4.90 Å². The maximum atomic E-state index is 5.90. The molecule has 21 heavy (non-hydrogen) atoms. The molecule has 2 aliphatic rings. The Morgan fingerprint density at radius 1 is 1.24 bits per heavy atom. The van der Waals surface area contributed by atoms with E-state index in [0.29, 0.717) is 11.3 Å². The first-order valence-electron chi connectivity index (χ1n) is 7.50. The van der Waals surface area contributed by atoms with Crippen LogP contribution < -0.4 is 10.1 Å². The summed E-state index contributed by atoms with van der Waals surface area (Å²) in [7, 11) is 3.74. The van der Waals surface area contributed by atoms with Crippen molar-refractivity contribution in [2.45, 2.75) is 41.2 Å². The highest BCUT2D eigenvalue weighted by atomic mass is 32.2. The van der Waals surface area contributed by atoms with Gasteiger partial charge in [-0.3, -0.25) is 0 Å². The lowest BCUT2D eigenvalue weighted by atomic mass is 9.89. The molecule has 1 aromatic carbocycles. The Labute approximate surface area is 130 Å². The van der Waals surface area contributed by atoms with Crippen molar-refractivity contribution in [2.24, 2.45) is 0 Å². The van der Waals surface area contributed by atoms with Crippen LogP contribution in [0.2, 0.25) is 0 Å². The third kappa shape index (κ3) is 3.37. The second kappa shape index (κ2) is 6.57. The average Bonchev–Trinajstić information content (AvgIpc) is 2.96. The van der Waals surface area contributed by atoms with Gasteiger partial charge in [0.1, 0.15) is 5.75 Å². The van der Waals surface area contributed by atoms with Crippen molar-refractivity contribution in [1.29, 1.82) is 0 Å². The third-order valence-corrected chi connectivity index (χ3v) is 5.67. The highest BCUT2D eigenvalue weighted by molar-refractivity contribution is 8.00. The Kier molecular flexibility index (Phi) is 4.74. The molecule has 4 nitrogen and oxygen atoms in total. The van der Waals surface area contributed by atoms with Gasteiger partial charge in [-0.05, 0) is 37.7 Å². The van der Waals surface area contributed by atoms with Gasteiger partial charge in [0.25, 0.3) is 0 Å². The van der Waals surface area contributed by atoms with E-state index >= 15 is 0 Å². The van der Waals surface area contributed by atoms with E-state index in [2.05, 4.69) is 17.4 Å². The van der Waals surface area contributed by atoms with Gasteiger partial charge in [-0.15, -0.1) is 11.8 Å². The first kappa shape index (κ1) is 15.2. The lowest BCUT2D eigenvalue weighted by Crippen LogP contribution is -2.48. The summed E-state index contributed by atoms with van der Waals surface area (Å²) in [5.74, 6) is 0.560. The van der Waals surface area contributed by atoms with Crippen molar-refractivity contribution in [3.05, 3.63) is 24.3 Å². The second-order valence-corrected chi connectivity index (χ2v) is 6.89. The van der Waals surface area contributed by atoms with E-state index in [0.717, 1.165) is 38.2 Å². The summed E-state index contributed by atoms with van der Waals surface area (Å²) in [5, 5.41) is 3.90. The van der Waals surface area contributed by atoms with Crippen molar-refractivity contribution < 1.29 is 14.2 Å². The molecule has 1 N–H and O–H groups in total. The number of ether oxygens (including phenoxy) is 3. The molecule has 1 heterocycles. The van der Waals surface area contributed by atoms with E-state index in [-0.39, 0.29) is 5.79 Å². The molecule has 1 saturated carbocycles. The standard InChI is InChI=1S/C16H23NO3S/c1-17-14-7-8-16(19-9-10-20-16)11-15(14)21-13-5-3-12(18-2)4-6-13/h3-6,14-15,17H,7-11H2,1-2H3. The molecule has 2 atom stereocenters. The minimum Gasteiger partial charge on any atom is -0.497 e. The van der Waals surface area contributed by atoms with Crippen LogP contribution in [0.25, 0.3) is 0 Å². The monoisotopic (exact) mass is 309 g/mol. The van der Waals surface area contributed by atoms with Crippen LogP contribution in [-0.2, 0) is 9.47 Å². The van der Waals surface area contributed by atoms with Gasteiger partial charge in [0.05, 0.1) is 20.3 Å². The SMILES string of the molecule is CNC1CCC2(CC1Sc1ccc(OC)cc1)OCCO2. The van der Waals surface area contributed by atoms with E-state index in [1.54, 1.807) is 7.11 Å². The predicted octanol–water partition coefficient (Wildman–Crippen LogP) is 2.67. The van der Waals surface area contributed by atoms with Gasteiger partial charge in [0, 0.05) is 29.0 Å².